The van der Waals surface area contributed by atoms with Crippen molar-refractivity contribution in [2.45, 2.75) is 45.1 Å². The summed E-state index contributed by atoms with van der Waals surface area (Å²) in [4.78, 5) is 41.9. The monoisotopic (exact) mass is 397 g/mol. The number of aryl methyl sites for hydroxylation is 2. The van der Waals surface area contributed by atoms with Crippen LogP contribution in [-0.4, -0.2) is 45.1 Å². The zero-order valence-electron chi connectivity index (χ0n) is 17.1. The fourth-order valence-corrected chi connectivity index (χ4v) is 4.67. The van der Waals surface area contributed by atoms with E-state index in [2.05, 4.69) is 15.4 Å². The van der Waals surface area contributed by atoms with Gasteiger partial charge < -0.3 is 15.2 Å². The van der Waals surface area contributed by atoms with Gasteiger partial charge in [0.1, 0.15) is 0 Å². The molecule has 0 saturated carbocycles. The molecule has 1 saturated heterocycles. The van der Waals surface area contributed by atoms with Gasteiger partial charge in [-0.3, -0.25) is 19.1 Å². The lowest BCUT2D eigenvalue weighted by Gasteiger charge is -2.25. The molecule has 1 fully saturated rings. The largest absolute Gasteiger partial charge is 0.352 e. The molecule has 2 N–H and O–H groups in total. The van der Waals surface area contributed by atoms with Gasteiger partial charge in [0.15, 0.2) is 0 Å². The second kappa shape index (κ2) is 7.50. The highest BCUT2D eigenvalue weighted by molar-refractivity contribution is 5.96. The van der Waals surface area contributed by atoms with Gasteiger partial charge in [-0.2, -0.15) is 5.10 Å². The average molecular weight is 397 g/mol. The van der Waals surface area contributed by atoms with E-state index in [9.17, 15) is 14.4 Å². The van der Waals surface area contributed by atoms with Gasteiger partial charge in [-0.1, -0.05) is 0 Å². The third kappa shape index (κ3) is 3.47. The summed E-state index contributed by atoms with van der Waals surface area (Å²) in [6.45, 7) is 2.35. The summed E-state index contributed by atoms with van der Waals surface area (Å²) >= 11 is 0. The third-order valence-electron chi connectivity index (χ3n) is 6.40. The second-order valence-electron chi connectivity index (χ2n) is 8.14. The van der Waals surface area contributed by atoms with Crippen molar-refractivity contribution in [2.24, 2.45) is 13.0 Å². The number of carbonyl (C=O) groups excluding carboxylic acids is 2. The van der Waals surface area contributed by atoms with E-state index in [4.69, 9.17) is 0 Å². The molecule has 29 heavy (non-hydrogen) atoms. The van der Waals surface area contributed by atoms with Gasteiger partial charge in [0.2, 0.25) is 11.5 Å². The first-order valence-corrected chi connectivity index (χ1v) is 10.1. The maximum Gasteiger partial charge on any atom is 0.251 e. The first kappa shape index (κ1) is 19.4. The summed E-state index contributed by atoms with van der Waals surface area (Å²) in [6.07, 6.45) is 5.83. The Labute approximate surface area is 169 Å². The highest BCUT2D eigenvalue weighted by Crippen LogP contribution is 2.37. The molecular formula is C21H27N5O3. The van der Waals surface area contributed by atoms with E-state index >= 15 is 0 Å². The van der Waals surface area contributed by atoms with Crippen molar-refractivity contribution in [1.29, 1.82) is 0 Å². The minimum Gasteiger partial charge on any atom is -0.352 e. The van der Waals surface area contributed by atoms with E-state index < -0.39 is 0 Å². The van der Waals surface area contributed by atoms with Gasteiger partial charge in [0.05, 0.1) is 12.2 Å². The second-order valence-corrected chi connectivity index (χ2v) is 8.14. The van der Waals surface area contributed by atoms with Crippen molar-refractivity contribution >= 4 is 11.8 Å². The minimum absolute atomic E-state index is 0.0443. The SMILES string of the molecule is Cc1c([C@@H]2[C@@H](CNC(=O)c3cc(=O)[nH]c4c3CCCC4)CC(=O)N2C)cnn1C. The van der Waals surface area contributed by atoms with Gasteiger partial charge in [0, 0.05) is 61.6 Å². The van der Waals surface area contributed by atoms with Crippen LogP contribution in [0.5, 0.6) is 0 Å². The van der Waals surface area contributed by atoms with Crippen LogP contribution in [0.4, 0.5) is 0 Å². The van der Waals surface area contributed by atoms with Crippen LogP contribution in [0.1, 0.15) is 58.2 Å². The number of pyridine rings is 1. The number of nitrogens with zero attached hydrogens (tertiary/aromatic N) is 3. The van der Waals surface area contributed by atoms with Crippen LogP contribution in [-0.2, 0) is 24.7 Å². The Morgan fingerprint density at radius 1 is 1.28 bits per heavy atom. The Morgan fingerprint density at radius 3 is 2.76 bits per heavy atom. The van der Waals surface area contributed by atoms with E-state index in [0.29, 0.717) is 18.5 Å². The highest BCUT2D eigenvalue weighted by atomic mass is 16.2. The molecule has 2 aromatic heterocycles. The molecule has 8 heteroatoms. The number of amides is 2. The highest BCUT2D eigenvalue weighted by Gasteiger charge is 2.40. The van der Waals surface area contributed by atoms with Gasteiger partial charge in [-0.15, -0.1) is 0 Å². The average Bonchev–Trinajstić information content (AvgIpc) is 3.17. The molecule has 0 radical (unpaired) electrons. The lowest BCUT2D eigenvalue weighted by Crippen LogP contribution is -2.34. The molecule has 1 aliphatic carbocycles. The van der Waals surface area contributed by atoms with Crippen molar-refractivity contribution in [3.05, 3.63) is 50.7 Å². The number of H-pyrrole nitrogens is 1. The van der Waals surface area contributed by atoms with Crippen LogP contribution >= 0.6 is 0 Å². The standard InChI is InChI=1S/C21H27N5O3/c1-12-16(11-23-26(12)3)20-13(8-19(28)25(20)2)10-22-21(29)15-9-18(27)24-17-7-5-4-6-14(15)17/h9,11,13,20H,4-8,10H2,1-3H3,(H,22,29)(H,24,27)/t13-,20+/m1/s1. The number of hydrogen-bond donors (Lipinski definition) is 2. The zero-order valence-corrected chi connectivity index (χ0v) is 17.1. The number of rotatable bonds is 4. The number of hydrogen-bond acceptors (Lipinski definition) is 4. The minimum atomic E-state index is -0.240. The van der Waals surface area contributed by atoms with Crippen molar-refractivity contribution in [3.8, 4) is 0 Å². The normalized spacial score (nSPS) is 21.3. The van der Waals surface area contributed by atoms with Crippen LogP contribution in [0.2, 0.25) is 0 Å². The number of carbonyl (C=O) groups is 2. The van der Waals surface area contributed by atoms with Crippen molar-refractivity contribution < 1.29 is 9.59 Å². The molecule has 2 aromatic rings. The van der Waals surface area contributed by atoms with Gasteiger partial charge in [0.25, 0.3) is 5.91 Å². The molecule has 0 bridgehead atoms. The molecule has 4 rings (SSSR count). The van der Waals surface area contributed by atoms with Crippen LogP contribution in [0.15, 0.2) is 17.1 Å². The summed E-state index contributed by atoms with van der Waals surface area (Å²) in [5, 5.41) is 7.30. The van der Waals surface area contributed by atoms with E-state index in [-0.39, 0.29) is 29.3 Å². The Hall–Kier alpha value is -2.90. The smallest absolute Gasteiger partial charge is 0.251 e. The predicted octanol–water partition coefficient (Wildman–Crippen LogP) is 1.25. The lowest BCUT2D eigenvalue weighted by atomic mass is 9.91. The Kier molecular flexibility index (Phi) is 5.02. The maximum absolute atomic E-state index is 12.9. The van der Waals surface area contributed by atoms with Gasteiger partial charge in [-0.25, -0.2) is 0 Å². The number of fused-ring (bicyclic) bond motifs is 1. The molecule has 0 spiro atoms. The number of nitrogens with one attached hydrogen (secondary N) is 2. The molecule has 3 heterocycles. The summed E-state index contributed by atoms with van der Waals surface area (Å²) in [5.41, 5.74) is 4.08. The molecule has 0 aromatic carbocycles. The summed E-state index contributed by atoms with van der Waals surface area (Å²) in [6, 6.07) is 1.28. The topological polar surface area (TPSA) is 100 Å². The third-order valence-corrected chi connectivity index (χ3v) is 6.40. The number of aromatic amines is 1. The molecule has 2 atom stereocenters. The zero-order chi connectivity index (χ0) is 20.7. The summed E-state index contributed by atoms with van der Waals surface area (Å²) < 4.78 is 1.80. The van der Waals surface area contributed by atoms with Gasteiger partial charge in [-0.05, 0) is 38.2 Å². The molecule has 1 aliphatic heterocycles. The van der Waals surface area contributed by atoms with E-state index in [0.717, 1.165) is 48.2 Å². The van der Waals surface area contributed by atoms with E-state index in [1.807, 2.05) is 14.0 Å². The Balaban J connectivity index is 1.54. The predicted molar refractivity (Wildman–Crippen MR) is 108 cm³/mol. The molecule has 2 amide bonds. The summed E-state index contributed by atoms with van der Waals surface area (Å²) in [7, 11) is 3.68. The quantitative estimate of drug-likeness (QED) is 0.811. The van der Waals surface area contributed by atoms with Crippen molar-refractivity contribution in [3.63, 3.8) is 0 Å². The van der Waals surface area contributed by atoms with Crippen LogP contribution in [0.25, 0.3) is 0 Å². The number of aromatic nitrogens is 3. The van der Waals surface area contributed by atoms with Crippen LogP contribution in [0, 0.1) is 12.8 Å². The fourth-order valence-electron chi connectivity index (χ4n) is 4.67. The first-order chi connectivity index (χ1) is 13.9. The fraction of sp³-hybridized carbons (Fsp3) is 0.524. The summed E-state index contributed by atoms with van der Waals surface area (Å²) in [5.74, 6) is -0.221. The molecule has 0 unspecified atom stereocenters. The molecule has 2 aliphatic rings. The molecule has 8 nitrogen and oxygen atoms in total. The van der Waals surface area contributed by atoms with E-state index in [1.54, 1.807) is 22.8 Å². The van der Waals surface area contributed by atoms with E-state index in [1.165, 1.54) is 6.07 Å². The van der Waals surface area contributed by atoms with Crippen molar-refractivity contribution in [1.82, 2.24) is 25.0 Å². The van der Waals surface area contributed by atoms with Crippen LogP contribution in [0.3, 0.4) is 0 Å². The molecular weight excluding hydrogens is 370 g/mol. The number of likely N-dealkylation sites (tertiary alicyclic amines) is 1. The first-order valence-electron chi connectivity index (χ1n) is 10.1. The molecule has 154 valence electrons. The van der Waals surface area contributed by atoms with Crippen LogP contribution < -0.4 is 10.9 Å². The Morgan fingerprint density at radius 2 is 2.03 bits per heavy atom. The Bertz CT molecular complexity index is 1020. The maximum atomic E-state index is 12.9. The van der Waals surface area contributed by atoms with Gasteiger partial charge >= 0.3 is 0 Å². The van der Waals surface area contributed by atoms with Crippen molar-refractivity contribution in [2.75, 3.05) is 13.6 Å². The lowest BCUT2D eigenvalue weighted by molar-refractivity contribution is -0.127.